The first-order valence-corrected chi connectivity index (χ1v) is 6.71. The summed E-state index contributed by atoms with van der Waals surface area (Å²) >= 11 is 0. The highest BCUT2D eigenvalue weighted by Crippen LogP contribution is 2.31. The lowest BCUT2D eigenvalue weighted by Crippen LogP contribution is -2.36. The number of carbonyl (C=O) groups excluding carboxylic acids is 1. The van der Waals surface area contributed by atoms with Crippen molar-refractivity contribution in [1.82, 2.24) is 15.3 Å². The number of hydrogen-bond acceptors (Lipinski definition) is 5. The van der Waals surface area contributed by atoms with Crippen LogP contribution in [0.15, 0.2) is 33.9 Å². The van der Waals surface area contributed by atoms with Gasteiger partial charge in [-0.15, -0.1) is 0 Å². The number of nitrogen functional groups attached to an aromatic ring is 1. The molecule has 2 heterocycles. The van der Waals surface area contributed by atoms with Crippen molar-refractivity contribution < 1.29 is 9.53 Å². The third-order valence-electron chi connectivity index (χ3n) is 3.47. The van der Waals surface area contributed by atoms with Crippen molar-refractivity contribution >= 4 is 11.6 Å². The molecule has 5 N–H and O–H groups in total. The van der Waals surface area contributed by atoms with Crippen molar-refractivity contribution in [1.29, 1.82) is 0 Å². The maximum atomic E-state index is 12.3. The molecule has 8 heteroatoms. The zero-order chi connectivity index (χ0) is 15.7. The van der Waals surface area contributed by atoms with E-state index in [2.05, 4.69) is 10.3 Å². The fourth-order valence-corrected chi connectivity index (χ4v) is 2.40. The number of ether oxygens (including phenoxy) is 1. The van der Waals surface area contributed by atoms with E-state index < -0.39 is 17.2 Å². The van der Waals surface area contributed by atoms with Crippen LogP contribution in [0, 0.1) is 0 Å². The molecule has 1 amide bonds. The minimum Gasteiger partial charge on any atom is -0.493 e. The van der Waals surface area contributed by atoms with Gasteiger partial charge in [0.1, 0.15) is 17.1 Å². The fourth-order valence-electron chi connectivity index (χ4n) is 2.40. The Morgan fingerprint density at radius 2 is 2.05 bits per heavy atom. The molecule has 22 heavy (non-hydrogen) atoms. The van der Waals surface area contributed by atoms with Gasteiger partial charge in [-0.3, -0.25) is 14.6 Å². The summed E-state index contributed by atoms with van der Waals surface area (Å²) in [5.74, 6) is 0.0915. The predicted octanol–water partition coefficient (Wildman–Crippen LogP) is -0.101. The highest BCUT2D eigenvalue weighted by atomic mass is 16.5. The van der Waals surface area contributed by atoms with Crippen LogP contribution in [0.4, 0.5) is 5.69 Å². The number of anilines is 1. The monoisotopic (exact) mass is 302 g/mol. The minimum atomic E-state index is -0.790. The van der Waals surface area contributed by atoms with Crippen LogP contribution in [-0.2, 0) is 0 Å². The number of aromatic amines is 2. The van der Waals surface area contributed by atoms with E-state index in [4.69, 9.17) is 10.5 Å². The van der Waals surface area contributed by atoms with Gasteiger partial charge in [-0.05, 0) is 6.07 Å². The average molecular weight is 302 g/mol. The molecule has 1 unspecified atom stereocenters. The number of benzene rings is 1. The molecule has 8 nitrogen and oxygen atoms in total. The molecule has 0 bridgehead atoms. The number of para-hydroxylation sites is 1. The highest BCUT2D eigenvalue weighted by Gasteiger charge is 2.24. The Bertz CT molecular complexity index is 839. The second-order valence-electron chi connectivity index (χ2n) is 4.90. The molecule has 0 aliphatic carbocycles. The standard InChI is InChI=1S/C14H14N4O4/c15-10-11(17-14(21)18-12(10)19)13(20)16-8-5-6-22-9-4-2-1-3-7(8)9/h1-4,8H,5-6,15H2,(H,16,20)(H2,17,18,19,21). The van der Waals surface area contributed by atoms with Crippen molar-refractivity contribution in [2.45, 2.75) is 12.5 Å². The predicted molar refractivity (Wildman–Crippen MR) is 78.9 cm³/mol. The summed E-state index contributed by atoms with van der Waals surface area (Å²) in [4.78, 5) is 39.3. The first-order valence-electron chi connectivity index (χ1n) is 6.71. The van der Waals surface area contributed by atoms with Crippen molar-refractivity contribution in [2.75, 3.05) is 12.3 Å². The molecule has 1 aromatic heterocycles. The third-order valence-corrected chi connectivity index (χ3v) is 3.47. The molecular formula is C14H14N4O4. The van der Waals surface area contributed by atoms with Gasteiger partial charge in [0, 0.05) is 12.0 Å². The Balaban J connectivity index is 1.90. The van der Waals surface area contributed by atoms with Crippen LogP contribution in [0.3, 0.4) is 0 Å². The van der Waals surface area contributed by atoms with Crippen LogP contribution < -0.4 is 27.0 Å². The number of carbonyl (C=O) groups is 1. The van der Waals surface area contributed by atoms with Crippen molar-refractivity contribution in [3.05, 3.63) is 56.4 Å². The maximum absolute atomic E-state index is 12.3. The van der Waals surface area contributed by atoms with Gasteiger partial charge in [0.25, 0.3) is 11.5 Å². The Morgan fingerprint density at radius 3 is 2.86 bits per heavy atom. The van der Waals surface area contributed by atoms with Crippen LogP contribution in [0.25, 0.3) is 0 Å². The molecule has 0 saturated heterocycles. The Morgan fingerprint density at radius 1 is 1.27 bits per heavy atom. The second-order valence-corrected chi connectivity index (χ2v) is 4.90. The van der Waals surface area contributed by atoms with Gasteiger partial charge in [-0.25, -0.2) is 4.79 Å². The minimum absolute atomic E-state index is 0.238. The SMILES string of the molecule is Nc1c(C(=O)NC2CCOc3ccccc32)[nH]c(=O)[nH]c1=O. The van der Waals surface area contributed by atoms with Gasteiger partial charge in [0.2, 0.25) is 0 Å². The maximum Gasteiger partial charge on any atom is 0.326 e. The smallest absolute Gasteiger partial charge is 0.326 e. The number of H-pyrrole nitrogens is 2. The number of nitrogens with two attached hydrogens (primary N) is 1. The molecule has 0 saturated carbocycles. The van der Waals surface area contributed by atoms with Gasteiger partial charge in [-0.2, -0.15) is 0 Å². The topological polar surface area (TPSA) is 130 Å². The summed E-state index contributed by atoms with van der Waals surface area (Å²) in [6.07, 6.45) is 0.579. The molecule has 3 rings (SSSR count). The molecule has 0 fully saturated rings. The second kappa shape index (κ2) is 5.40. The van der Waals surface area contributed by atoms with E-state index in [1.54, 1.807) is 0 Å². The fraction of sp³-hybridized carbons (Fsp3) is 0.214. The van der Waals surface area contributed by atoms with Crippen LogP contribution in [0.1, 0.15) is 28.5 Å². The Labute approximate surface area is 124 Å². The number of fused-ring (bicyclic) bond motifs is 1. The lowest BCUT2D eigenvalue weighted by Gasteiger charge is -2.26. The van der Waals surface area contributed by atoms with Crippen LogP contribution in [0.2, 0.25) is 0 Å². The van der Waals surface area contributed by atoms with Crippen molar-refractivity contribution in [3.8, 4) is 5.75 Å². The molecule has 0 radical (unpaired) electrons. The third kappa shape index (κ3) is 2.46. The summed E-state index contributed by atoms with van der Waals surface area (Å²) in [5.41, 5.74) is 4.26. The molecule has 1 aliphatic rings. The molecular weight excluding hydrogens is 288 g/mol. The summed E-state index contributed by atoms with van der Waals surface area (Å²) in [6.45, 7) is 0.462. The summed E-state index contributed by atoms with van der Waals surface area (Å²) in [5, 5.41) is 2.76. The summed E-state index contributed by atoms with van der Waals surface area (Å²) in [7, 11) is 0. The van der Waals surface area contributed by atoms with Crippen LogP contribution in [-0.4, -0.2) is 22.5 Å². The van der Waals surface area contributed by atoms with Gasteiger partial charge >= 0.3 is 5.69 Å². The first-order chi connectivity index (χ1) is 10.6. The average Bonchev–Trinajstić information content (AvgIpc) is 2.51. The first kappa shape index (κ1) is 13.9. The van der Waals surface area contributed by atoms with E-state index in [0.717, 1.165) is 5.56 Å². The highest BCUT2D eigenvalue weighted by molar-refractivity contribution is 5.97. The quantitative estimate of drug-likeness (QED) is 0.615. The lowest BCUT2D eigenvalue weighted by molar-refractivity contribution is 0.0920. The van der Waals surface area contributed by atoms with E-state index in [1.807, 2.05) is 29.2 Å². The zero-order valence-corrected chi connectivity index (χ0v) is 11.5. The van der Waals surface area contributed by atoms with Crippen LogP contribution in [0.5, 0.6) is 5.75 Å². The zero-order valence-electron chi connectivity index (χ0n) is 11.5. The molecule has 1 aliphatic heterocycles. The van der Waals surface area contributed by atoms with E-state index in [9.17, 15) is 14.4 Å². The molecule has 1 atom stereocenters. The largest absolute Gasteiger partial charge is 0.493 e. The van der Waals surface area contributed by atoms with Gasteiger partial charge in [0.15, 0.2) is 0 Å². The Kier molecular flexibility index (Phi) is 3.42. The molecule has 0 spiro atoms. The van der Waals surface area contributed by atoms with E-state index in [-0.39, 0.29) is 17.4 Å². The van der Waals surface area contributed by atoms with Gasteiger partial charge in [-0.1, -0.05) is 18.2 Å². The molecule has 114 valence electrons. The van der Waals surface area contributed by atoms with E-state index >= 15 is 0 Å². The number of rotatable bonds is 2. The van der Waals surface area contributed by atoms with Crippen molar-refractivity contribution in [3.63, 3.8) is 0 Å². The van der Waals surface area contributed by atoms with E-state index in [0.29, 0.717) is 18.8 Å². The number of aromatic nitrogens is 2. The van der Waals surface area contributed by atoms with Gasteiger partial charge < -0.3 is 20.8 Å². The number of amides is 1. The lowest BCUT2D eigenvalue weighted by atomic mass is 10.0. The summed E-state index contributed by atoms with van der Waals surface area (Å²) in [6, 6.07) is 7.07. The molecule has 1 aromatic carbocycles. The van der Waals surface area contributed by atoms with Crippen molar-refractivity contribution in [2.24, 2.45) is 0 Å². The Hall–Kier alpha value is -3.03. The normalized spacial score (nSPS) is 16.5. The van der Waals surface area contributed by atoms with E-state index in [1.165, 1.54) is 0 Å². The summed E-state index contributed by atoms with van der Waals surface area (Å²) < 4.78 is 5.51. The molecule has 2 aromatic rings. The number of hydrogen-bond donors (Lipinski definition) is 4. The van der Waals surface area contributed by atoms with Crippen LogP contribution >= 0.6 is 0 Å². The number of nitrogens with one attached hydrogen (secondary N) is 3. The van der Waals surface area contributed by atoms with Gasteiger partial charge in [0.05, 0.1) is 12.6 Å².